The maximum atomic E-state index is 13.0. The zero-order chi connectivity index (χ0) is 15.8. The Morgan fingerprint density at radius 1 is 1.38 bits per heavy atom. The quantitative estimate of drug-likeness (QED) is 0.826. The minimum atomic E-state index is -4.62. The van der Waals surface area contributed by atoms with Crippen LogP contribution in [0.1, 0.15) is 24.8 Å². The van der Waals surface area contributed by atoms with Crippen LogP contribution in [-0.4, -0.2) is 10.9 Å². The molecule has 0 spiro atoms. The second kappa shape index (κ2) is 5.46. The lowest BCUT2D eigenvalue weighted by molar-refractivity contribution is -0.137. The Hall–Kier alpha value is -1.34. The van der Waals surface area contributed by atoms with E-state index in [4.69, 9.17) is 29.6 Å². The Morgan fingerprint density at radius 2 is 2.00 bits per heavy atom. The number of anilines is 1. The zero-order valence-corrected chi connectivity index (χ0v) is 12.3. The topological polar surface area (TPSA) is 55.1 Å². The maximum Gasteiger partial charge on any atom is 0.418 e. The highest BCUT2D eigenvalue weighted by Crippen LogP contribution is 2.44. The highest BCUT2D eigenvalue weighted by Gasteiger charge is 2.47. The molecule has 1 amide bonds. The van der Waals surface area contributed by atoms with Gasteiger partial charge in [-0.3, -0.25) is 4.79 Å². The predicted octanol–water partition coefficient (Wildman–Crippen LogP) is 3.75. The molecule has 0 bridgehead atoms. The molecular weight excluding hydrogens is 325 g/mol. The van der Waals surface area contributed by atoms with Crippen molar-refractivity contribution in [3.8, 4) is 0 Å². The molecule has 2 rings (SSSR count). The summed E-state index contributed by atoms with van der Waals surface area (Å²) < 4.78 is 38.9. The van der Waals surface area contributed by atoms with Crippen LogP contribution in [-0.2, 0) is 11.0 Å². The van der Waals surface area contributed by atoms with Gasteiger partial charge in [-0.1, -0.05) is 36.3 Å². The lowest BCUT2D eigenvalue weighted by Crippen LogP contribution is -2.50. The minimum absolute atomic E-state index is 0.00753. The number of rotatable bonds is 3. The van der Waals surface area contributed by atoms with Crippen molar-refractivity contribution in [3.63, 3.8) is 0 Å². The van der Waals surface area contributed by atoms with E-state index >= 15 is 0 Å². The number of benzene rings is 1. The zero-order valence-electron chi connectivity index (χ0n) is 10.8. The van der Waals surface area contributed by atoms with Gasteiger partial charge in [-0.2, -0.15) is 13.2 Å². The number of thiocarbonyl (C=S) groups is 1. The summed E-state index contributed by atoms with van der Waals surface area (Å²) in [6.07, 6.45) is -3.01. The first-order chi connectivity index (χ1) is 9.68. The Morgan fingerprint density at radius 3 is 2.43 bits per heavy atom. The summed E-state index contributed by atoms with van der Waals surface area (Å²) in [4.78, 5) is 12.3. The van der Waals surface area contributed by atoms with Crippen molar-refractivity contribution in [1.82, 2.24) is 0 Å². The number of carbonyl (C=O) groups excluding carboxylic acids is 1. The number of hydrogen-bond donors (Lipinski definition) is 2. The summed E-state index contributed by atoms with van der Waals surface area (Å²) >= 11 is 10.7. The van der Waals surface area contributed by atoms with Crippen LogP contribution in [0, 0.1) is 5.41 Å². The average Bonchev–Trinajstić information content (AvgIpc) is 2.28. The number of carbonyl (C=O) groups is 1. The van der Waals surface area contributed by atoms with E-state index in [1.807, 2.05) is 0 Å². The van der Waals surface area contributed by atoms with Crippen molar-refractivity contribution >= 4 is 40.4 Å². The van der Waals surface area contributed by atoms with Gasteiger partial charge in [-0.15, -0.1) is 0 Å². The molecule has 114 valence electrons. The second-order valence-electron chi connectivity index (χ2n) is 4.91. The summed E-state index contributed by atoms with van der Waals surface area (Å²) in [6.45, 7) is 0. The molecular formula is C13H12ClF3N2OS. The third-order valence-corrected chi connectivity index (χ3v) is 4.38. The van der Waals surface area contributed by atoms with E-state index < -0.39 is 28.7 Å². The fourth-order valence-electron chi connectivity index (χ4n) is 2.24. The van der Waals surface area contributed by atoms with Crippen LogP contribution in [0.15, 0.2) is 18.2 Å². The molecule has 0 aliphatic heterocycles. The van der Waals surface area contributed by atoms with E-state index in [1.54, 1.807) is 0 Å². The molecule has 0 unspecified atom stereocenters. The highest BCUT2D eigenvalue weighted by molar-refractivity contribution is 7.80. The Kier molecular flexibility index (Phi) is 4.17. The van der Waals surface area contributed by atoms with Crippen molar-refractivity contribution < 1.29 is 18.0 Å². The first kappa shape index (κ1) is 16.0. The maximum absolute atomic E-state index is 13.0. The van der Waals surface area contributed by atoms with Crippen LogP contribution in [0.2, 0.25) is 5.02 Å². The molecule has 3 nitrogen and oxygen atoms in total. The molecule has 1 aliphatic carbocycles. The molecule has 1 aliphatic rings. The number of alkyl halides is 3. The fraction of sp³-hybridized carbons (Fsp3) is 0.385. The van der Waals surface area contributed by atoms with Crippen molar-refractivity contribution in [3.05, 3.63) is 28.8 Å². The summed E-state index contributed by atoms with van der Waals surface area (Å²) in [7, 11) is 0. The van der Waals surface area contributed by atoms with E-state index in [0.717, 1.165) is 12.5 Å². The van der Waals surface area contributed by atoms with Gasteiger partial charge in [0.25, 0.3) is 0 Å². The van der Waals surface area contributed by atoms with Crippen LogP contribution in [0.5, 0.6) is 0 Å². The molecule has 21 heavy (non-hydrogen) atoms. The molecule has 0 atom stereocenters. The first-order valence-electron chi connectivity index (χ1n) is 6.15. The van der Waals surface area contributed by atoms with Gasteiger partial charge in [0, 0.05) is 0 Å². The third-order valence-electron chi connectivity index (χ3n) is 3.67. The van der Waals surface area contributed by atoms with Gasteiger partial charge in [-0.25, -0.2) is 0 Å². The van der Waals surface area contributed by atoms with Crippen molar-refractivity contribution in [2.75, 3.05) is 5.32 Å². The lowest BCUT2D eigenvalue weighted by Gasteiger charge is -2.39. The van der Waals surface area contributed by atoms with E-state index in [-0.39, 0.29) is 10.0 Å². The normalized spacial score (nSPS) is 17.0. The Balaban J connectivity index is 2.36. The summed E-state index contributed by atoms with van der Waals surface area (Å²) in [5.41, 5.74) is 3.03. The van der Waals surface area contributed by atoms with E-state index in [9.17, 15) is 18.0 Å². The van der Waals surface area contributed by atoms with Gasteiger partial charge >= 0.3 is 6.18 Å². The summed E-state index contributed by atoms with van der Waals surface area (Å²) in [6, 6.07) is 3.31. The van der Waals surface area contributed by atoms with Gasteiger partial charge in [0.1, 0.15) is 0 Å². The molecule has 1 aromatic carbocycles. The van der Waals surface area contributed by atoms with Crippen molar-refractivity contribution in [2.24, 2.45) is 11.1 Å². The van der Waals surface area contributed by atoms with Gasteiger partial charge in [0.15, 0.2) is 0 Å². The largest absolute Gasteiger partial charge is 0.418 e. The molecule has 0 aromatic heterocycles. The standard InChI is InChI=1S/C13H12ClF3N2OS/c14-8-4-1-3-7(13(15,16)17)9(8)19-11(20)12(10(18)21)5-2-6-12/h1,3-4H,2,5-6H2,(H2,18,21)(H,19,20). The second-order valence-corrected chi connectivity index (χ2v) is 5.76. The molecule has 8 heteroatoms. The summed E-state index contributed by atoms with van der Waals surface area (Å²) in [5.74, 6) is -0.639. The van der Waals surface area contributed by atoms with Crippen LogP contribution < -0.4 is 11.1 Å². The van der Waals surface area contributed by atoms with Crippen LogP contribution >= 0.6 is 23.8 Å². The molecule has 3 N–H and O–H groups in total. The van der Waals surface area contributed by atoms with Gasteiger partial charge in [0.2, 0.25) is 5.91 Å². The number of para-hydroxylation sites is 1. The summed E-state index contributed by atoms with van der Waals surface area (Å²) in [5, 5.41) is 2.07. The van der Waals surface area contributed by atoms with Crippen LogP contribution in [0.4, 0.5) is 18.9 Å². The van der Waals surface area contributed by atoms with E-state index in [0.29, 0.717) is 12.8 Å². The number of hydrogen-bond acceptors (Lipinski definition) is 2. The van der Waals surface area contributed by atoms with Crippen molar-refractivity contribution in [1.29, 1.82) is 0 Å². The monoisotopic (exact) mass is 336 g/mol. The van der Waals surface area contributed by atoms with Crippen LogP contribution in [0.3, 0.4) is 0 Å². The fourth-order valence-corrected chi connectivity index (χ4v) is 2.75. The number of nitrogens with one attached hydrogen (secondary N) is 1. The SMILES string of the molecule is NC(=S)C1(C(=O)Nc2c(Cl)cccc2C(F)(F)F)CCC1. The van der Waals surface area contributed by atoms with Gasteiger partial charge in [-0.05, 0) is 25.0 Å². The molecule has 0 radical (unpaired) electrons. The Bertz CT molecular complexity index is 600. The number of halogens is 4. The first-order valence-corrected chi connectivity index (χ1v) is 6.94. The number of amides is 1. The average molecular weight is 337 g/mol. The Labute approximate surface area is 129 Å². The minimum Gasteiger partial charge on any atom is -0.392 e. The van der Waals surface area contributed by atoms with E-state index in [1.165, 1.54) is 12.1 Å². The molecule has 1 saturated carbocycles. The van der Waals surface area contributed by atoms with Crippen LogP contribution in [0.25, 0.3) is 0 Å². The molecule has 1 aromatic rings. The molecule has 1 fully saturated rings. The third kappa shape index (κ3) is 2.85. The van der Waals surface area contributed by atoms with E-state index in [2.05, 4.69) is 5.32 Å². The van der Waals surface area contributed by atoms with Crippen molar-refractivity contribution in [2.45, 2.75) is 25.4 Å². The molecule has 0 heterocycles. The van der Waals surface area contributed by atoms with Gasteiger partial charge < -0.3 is 11.1 Å². The number of nitrogens with two attached hydrogens (primary N) is 1. The highest BCUT2D eigenvalue weighted by atomic mass is 35.5. The lowest BCUT2D eigenvalue weighted by atomic mass is 9.68. The smallest absolute Gasteiger partial charge is 0.392 e. The molecule has 0 saturated heterocycles. The van der Waals surface area contributed by atoms with Gasteiger partial charge in [0.05, 0.1) is 26.7 Å². The predicted molar refractivity (Wildman–Crippen MR) is 78.2 cm³/mol.